The molecule has 6 nitrogen and oxygen atoms in total. The number of aryl methyl sites for hydroxylation is 1. The Hall–Kier alpha value is -3.64. The van der Waals surface area contributed by atoms with E-state index in [1.165, 1.54) is 0 Å². The highest BCUT2D eigenvalue weighted by Gasteiger charge is 2.30. The normalized spacial score (nSPS) is 12.9. The van der Waals surface area contributed by atoms with Crippen LogP contribution in [0.1, 0.15) is 34.3 Å². The summed E-state index contributed by atoms with van der Waals surface area (Å²) in [6.07, 6.45) is 2.19. The van der Waals surface area contributed by atoms with E-state index in [-0.39, 0.29) is 18.4 Å². The van der Waals surface area contributed by atoms with Crippen LogP contribution in [-0.4, -0.2) is 36.4 Å². The van der Waals surface area contributed by atoms with Crippen molar-refractivity contribution in [3.63, 3.8) is 0 Å². The molecule has 0 unspecified atom stereocenters. The second kappa shape index (κ2) is 10.3. The summed E-state index contributed by atoms with van der Waals surface area (Å²) in [5, 5.41) is 5.86. The van der Waals surface area contributed by atoms with Gasteiger partial charge in [0.15, 0.2) is 0 Å². The van der Waals surface area contributed by atoms with Gasteiger partial charge < -0.3 is 15.4 Å². The van der Waals surface area contributed by atoms with E-state index in [0.717, 1.165) is 35.4 Å². The summed E-state index contributed by atoms with van der Waals surface area (Å²) in [6.45, 7) is 2.93. The third-order valence-electron chi connectivity index (χ3n) is 5.68. The fourth-order valence-corrected chi connectivity index (χ4v) is 3.80. The van der Waals surface area contributed by atoms with Gasteiger partial charge >= 0.3 is 0 Å². The number of para-hydroxylation sites is 1. The summed E-state index contributed by atoms with van der Waals surface area (Å²) in [4.78, 5) is 28.0. The Morgan fingerprint density at radius 2 is 1.73 bits per heavy atom. The molecule has 1 aliphatic carbocycles. The van der Waals surface area contributed by atoms with Gasteiger partial charge in [-0.25, -0.2) is 0 Å². The van der Waals surface area contributed by atoms with E-state index in [4.69, 9.17) is 4.74 Å². The first-order valence-electron chi connectivity index (χ1n) is 11.2. The van der Waals surface area contributed by atoms with Crippen LogP contribution in [0.25, 0.3) is 0 Å². The van der Waals surface area contributed by atoms with Crippen LogP contribution in [-0.2, 0) is 11.3 Å². The topological polar surface area (TPSA) is 70.7 Å². The Kier molecular flexibility index (Phi) is 7.05. The lowest BCUT2D eigenvalue weighted by atomic mass is 10.1. The van der Waals surface area contributed by atoms with Crippen LogP contribution < -0.4 is 15.4 Å². The lowest BCUT2D eigenvalue weighted by molar-refractivity contribution is -0.117. The lowest BCUT2D eigenvalue weighted by Crippen LogP contribution is -2.34. The molecule has 2 N–H and O–H groups in total. The molecule has 0 atom stereocenters. The summed E-state index contributed by atoms with van der Waals surface area (Å²) in [5.74, 6) is 0.426. The SMILES string of the molecule is COc1ccc(CN(CC(=O)Nc2ccccc2C(=O)Nc2cccc(C)c2)C2CC2)cc1. The molecule has 170 valence electrons. The minimum Gasteiger partial charge on any atom is -0.497 e. The Balaban J connectivity index is 1.41. The Labute approximate surface area is 194 Å². The van der Waals surface area contributed by atoms with Crippen molar-refractivity contribution in [1.29, 1.82) is 0 Å². The van der Waals surface area contributed by atoms with E-state index in [0.29, 0.717) is 23.8 Å². The average Bonchev–Trinajstić information content (AvgIpc) is 3.65. The van der Waals surface area contributed by atoms with Gasteiger partial charge in [-0.2, -0.15) is 0 Å². The van der Waals surface area contributed by atoms with Crippen LogP contribution in [0.5, 0.6) is 5.75 Å². The van der Waals surface area contributed by atoms with Gasteiger partial charge in [0.2, 0.25) is 5.91 Å². The van der Waals surface area contributed by atoms with Crippen LogP contribution in [0.3, 0.4) is 0 Å². The van der Waals surface area contributed by atoms with Gasteiger partial charge in [-0.05, 0) is 67.3 Å². The maximum atomic E-state index is 12.9. The first-order chi connectivity index (χ1) is 16.0. The largest absolute Gasteiger partial charge is 0.497 e. The van der Waals surface area contributed by atoms with Crippen molar-refractivity contribution in [2.75, 3.05) is 24.3 Å². The second-order valence-corrected chi connectivity index (χ2v) is 8.40. The molecule has 1 aliphatic rings. The Bertz CT molecular complexity index is 1120. The molecular weight excluding hydrogens is 414 g/mol. The van der Waals surface area contributed by atoms with Gasteiger partial charge in [-0.3, -0.25) is 14.5 Å². The number of hydrogen-bond donors (Lipinski definition) is 2. The second-order valence-electron chi connectivity index (χ2n) is 8.40. The highest BCUT2D eigenvalue weighted by Crippen LogP contribution is 2.28. The van der Waals surface area contributed by atoms with Crippen LogP contribution in [0.15, 0.2) is 72.8 Å². The maximum absolute atomic E-state index is 12.9. The third kappa shape index (κ3) is 6.20. The number of methoxy groups -OCH3 is 1. The van der Waals surface area contributed by atoms with Crippen LogP contribution in [0, 0.1) is 6.92 Å². The fraction of sp³-hybridized carbons (Fsp3) is 0.259. The molecule has 1 fully saturated rings. The predicted molar refractivity (Wildman–Crippen MR) is 131 cm³/mol. The zero-order chi connectivity index (χ0) is 23.2. The molecule has 0 heterocycles. The summed E-state index contributed by atoms with van der Waals surface area (Å²) < 4.78 is 5.23. The first-order valence-corrected chi connectivity index (χ1v) is 11.2. The molecule has 6 heteroatoms. The van der Waals surface area contributed by atoms with Crippen molar-refractivity contribution in [2.24, 2.45) is 0 Å². The van der Waals surface area contributed by atoms with Gasteiger partial charge in [0.1, 0.15) is 5.75 Å². The van der Waals surface area contributed by atoms with Crippen molar-refractivity contribution in [1.82, 2.24) is 4.90 Å². The molecule has 1 saturated carbocycles. The van der Waals surface area contributed by atoms with Crippen LogP contribution in [0.2, 0.25) is 0 Å². The zero-order valence-corrected chi connectivity index (χ0v) is 19.0. The zero-order valence-electron chi connectivity index (χ0n) is 19.0. The number of benzene rings is 3. The smallest absolute Gasteiger partial charge is 0.257 e. The third-order valence-corrected chi connectivity index (χ3v) is 5.68. The molecule has 0 radical (unpaired) electrons. The van der Waals surface area contributed by atoms with Crippen molar-refractivity contribution in [3.05, 3.63) is 89.5 Å². The molecule has 0 bridgehead atoms. The average molecular weight is 444 g/mol. The Morgan fingerprint density at radius 1 is 0.970 bits per heavy atom. The van der Waals surface area contributed by atoms with E-state index >= 15 is 0 Å². The molecular formula is C27H29N3O3. The highest BCUT2D eigenvalue weighted by atomic mass is 16.5. The number of nitrogens with zero attached hydrogens (tertiary/aromatic N) is 1. The van der Waals surface area contributed by atoms with Gasteiger partial charge in [-0.1, -0.05) is 36.4 Å². The summed E-state index contributed by atoms with van der Waals surface area (Å²) in [5.41, 5.74) is 3.86. The highest BCUT2D eigenvalue weighted by molar-refractivity contribution is 6.10. The van der Waals surface area contributed by atoms with E-state index in [1.807, 2.05) is 61.5 Å². The lowest BCUT2D eigenvalue weighted by Gasteiger charge is -2.22. The number of carbonyl (C=O) groups excluding carboxylic acids is 2. The number of ether oxygens (including phenoxy) is 1. The number of nitrogens with one attached hydrogen (secondary N) is 2. The minimum atomic E-state index is -0.256. The number of amides is 2. The first kappa shape index (κ1) is 22.6. The quantitative estimate of drug-likeness (QED) is 0.496. The van der Waals surface area contributed by atoms with Crippen molar-refractivity contribution >= 4 is 23.2 Å². The van der Waals surface area contributed by atoms with E-state index in [2.05, 4.69) is 15.5 Å². The van der Waals surface area contributed by atoms with E-state index < -0.39 is 0 Å². The van der Waals surface area contributed by atoms with Crippen LogP contribution >= 0.6 is 0 Å². The molecule has 2 amide bonds. The standard InChI is InChI=1S/C27H29N3O3/c1-19-6-5-7-21(16-19)28-27(32)24-8-3-4-9-25(24)29-26(31)18-30(22-12-13-22)17-20-10-14-23(33-2)15-11-20/h3-11,14-16,22H,12-13,17-18H2,1-2H3,(H,28,32)(H,29,31). The predicted octanol–water partition coefficient (Wildman–Crippen LogP) is 4.86. The molecule has 0 saturated heterocycles. The van der Waals surface area contributed by atoms with Gasteiger partial charge in [0.25, 0.3) is 5.91 Å². The summed E-state index contributed by atoms with van der Waals surface area (Å²) >= 11 is 0. The molecule has 3 aromatic rings. The van der Waals surface area contributed by atoms with Gasteiger partial charge in [0, 0.05) is 18.3 Å². The van der Waals surface area contributed by atoms with Crippen molar-refractivity contribution in [2.45, 2.75) is 32.4 Å². The van der Waals surface area contributed by atoms with Crippen molar-refractivity contribution < 1.29 is 14.3 Å². The van der Waals surface area contributed by atoms with Crippen LogP contribution in [0.4, 0.5) is 11.4 Å². The number of carbonyl (C=O) groups is 2. The van der Waals surface area contributed by atoms with Crippen molar-refractivity contribution in [3.8, 4) is 5.75 Å². The summed E-state index contributed by atoms with van der Waals surface area (Å²) in [7, 11) is 1.65. The molecule has 0 aliphatic heterocycles. The summed E-state index contributed by atoms with van der Waals surface area (Å²) in [6, 6.07) is 23.0. The molecule has 3 aromatic carbocycles. The monoisotopic (exact) mass is 443 g/mol. The molecule has 0 aromatic heterocycles. The Morgan fingerprint density at radius 3 is 2.42 bits per heavy atom. The van der Waals surface area contributed by atoms with Gasteiger partial charge in [0.05, 0.1) is 24.9 Å². The number of hydrogen-bond acceptors (Lipinski definition) is 4. The number of rotatable bonds is 9. The molecule has 33 heavy (non-hydrogen) atoms. The number of anilines is 2. The van der Waals surface area contributed by atoms with E-state index in [1.54, 1.807) is 25.3 Å². The minimum absolute atomic E-state index is 0.133. The fourth-order valence-electron chi connectivity index (χ4n) is 3.80. The van der Waals surface area contributed by atoms with E-state index in [9.17, 15) is 9.59 Å². The van der Waals surface area contributed by atoms with Gasteiger partial charge in [-0.15, -0.1) is 0 Å². The molecule has 0 spiro atoms. The maximum Gasteiger partial charge on any atom is 0.257 e. The molecule has 4 rings (SSSR count).